The van der Waals surface area contributed by atoms with E-state index in [0.717, 1.165) is 0 Å². The maximum atomic E-state index is 10.7. The van der Waals surface area contributed by atoms with Crippen LogP contribution in [0.3, 0.4) is 0 Å². The van der Waals surface area contributed by atoms with Crippen molar-refractivity contribution in [3.8, 4) is 0 Å². The number of allylic oxidation sites excluding steroid dienone is 1. The van der Waals surface area contributed by atoms with E-state index in [4.69, 9.17) is 10.8 Å². The van der Waals surface area contributed by atoms with E-state index in [0.29, 0.717) is 0 Å². The molecule has 3 N–H and O–H groups in total. The fourth-order valence-corrected chi connectivity index (χ4v) is 0.919. The molecule has 0 aliphatic heterocycles. The van der Waals surface area contributed by atoms with Gasteiger partial charge in [-0.15, -0.1) is 0 Å². The molecule has 0 heterocycles. The summed E-state index contributed by atoms with van der Waals surface area (Å²) in [6.07, 6.45) is 0.271. The number of carbonyl (C=O) groups is 1. The summed E-state index contributed by atoms with van der Waals surface area (Å²) >= 11 is 0. The second-order valence-electron chi connectivity index (χ2n) is 3.02. The SMILES string of the molecule is C=C(O)CC(C(N)=O)C(C)C. The van der Waals surface area contributed by atoms with E-state index in [1.807, 2.05) is 13.8 Å². The van der Waals surface area contributed by atoms with Gasteiger partial charge in [-0.05, 0) is 5.92 Å². The molecule has 0 radical (unpaired) electrons. The van der Waals surface area contributed by atoms with Crippen LogP contribution in [0.1, 0.15) is 20.3 Å². The lowest BCUT2D eigenvalue weighted by Crippen LogP contribution is -2.27. The summed E-state index contributed by atoms with van der Waals surface area (Å²) in [5.41, 5.74) is 5.09. The van der Waals surface area contributed by atoms with Gasteiger partial charge in [-0.3, -0.25) is 4.79 Å². The predicted octanol–water partition coefficient (Wildman–Crippen LogP) is 1.21. The maximum absolute atomic E-state index is 10.7. The Balaban J connectivity index is 4.12. The maximum Gasteiger partial charge on any atom is 0.221 e. The second kappa shape index (κ2) is 4.01. The molecule has 0 spiro atoms. The number of hydrogen-bond donors (Lipinski definition) is 2. The van der Waals surface area contributed by atoms with Crippen LogP contribution in [-0.4, -0.2) is 11.0 Å². The Labute approximate surface area is 66.9 Å². The van der Waals surface area contributed by atoms with Gasteiger partial charge in [0.2, 0.25) is 5.91 Å². The summed E-state index contributed by atoms with van der Waals surface area (Å²) in [4.78, 5) is 10.7. The summed E-state index contributed by atoms with van der Waals surface area (Å²) in [5.74, 6) is -0.512. The highest BCUT2D eigenvalue weighted by molar-refractivity contribution is 5.77. The molecule has 1 atom stereocenters. The van der Waals surface area contributed by atoms with E-state index in [1.165, 1.54) is 0 Å². The minimum atomic E-state index is -0.379. The van der Waals surface area contributed by atoms with E-state index in [2.05, 4.69) is 6.58 Å². The van der Waals surface area contributed by atoms with Crippen LogP contribution in [0.2, 0.25) is 0 Å². The molecule has 0 saturated carbocycles. The van der Waals surface area contributed by atoms with Gasteiger partial charge in [0.25, 0.3) is 0 Å². The van der Waals surface area contributed by atoms with Gasteiger partial charge in [0.1, 0.15) is 0 Å². The lowest BCUT2D eigenvalue weighted by molar-refractivity contribution is -0.123. The minimum absolute atomic E-state index is 0.0162. The normalized spacial score (nSPS) is 13.0. The van der Waals surface area contributed by atoms with Gasteiger partial charge in [-0.25, -0.2) is 0 Å². The number of aliphatic hydroxyl groups excluding tert-OH is 1. The van der Waals surface area contributed by atoms with E-state index < -0.39 is 0 Å². The van der Waals surface area contributed by atoms with Crippen LogP contribution >= 0.6 is 0 Å². The highest BCUT2D eigenvalue weighted by Gasteiger charge is 2.19. The first-order chi connectivity index (χ1) is 4.95. The number of hydrogen-bond acceptors (Lipinski definition) is 2. The summed E-state index contributed by atoms with van der Waals surface area (Å²) < 4.78 is 0. The van der Waals surface area contributed by atoms with Crippen molar-refractivity contribution >= 4 is 5.91 Å². The molecule has 0 saturated heterocycles. The monoisotopic (exact) mass is 157 g/mol. The van der Waals surface area contributed by atoms with Crippen molar-refractivity contribution in [3.05, 3.63) is 12.3 Å². The third kappa shape index (κ3) is 3.65. The number of nitrogens with two attached hydrogens (primary N) is 1. The summed E-state index contributed by atoms with van der Waals surface area (Å²) in [6.45, 7) is 7.08. The largest absolute Gasteiger partial charge is 0.513 e. The molecule has 11 heavy (non-hydrogen) atoms. The highest BCUT2D eigenvalue weighted by Crippen LogP contribution is 2.17. The fourth-order valence-electron chi connectivity index (χ4n) is 0.919. The summed E-state index contributed by atoms with van der Waals surface area (Å²) in [7, 11) is 0. The van der Waals surface area contributed by atoms with Crippen molar-refractivity contribution in [1.29, 1.82) is 0 Å². The zero-order chi connectivity index (χ0) is 9.02. The molecule has 0 rings (SSSR count). The first-order valence-corrected chi connectivity index (χ1v) is 3.61. The lowest BCUT2D eigenvalue weighted by atomic mass is 9.91. The smallest absolute Gasteiger partial charge is 0.221 e. The molecular formula is C8H15NO2. The van der Waals surface area contributed by atoms with Crippen molar-refractivity contribution in [2.75, 3.05) is 0 Å². The van der Waals surface area contributed by atoms with Gasteiger partial charge in [0.15, 0.2) is 0 Å². The zero-order valence-corrected chi connectivity index (χ0v) is 7.00. The lowest BCUT2D eigenvalue weighted by Gasteiger charge is -2.15. The molecule has 0 aliphatic carbocycles. The van der Waals surface area contributed by atoms with Crippen molar-refractivity contribution < 1.29 is 9.90 Å². The highest BCUT2D eigenvalue weighted by atomic mass is 16.3. The Morgan fingerprint density at radius 1 is 1.64 bits per heavy atom. The number of rotatable bonds is 4. The van der Waals surface area contributed by atoms with Crippen molar-refractivity contribution in [1.82, 2.24) is 0 Å². The molecule has 64 valence electrons. The van der Waals surface area contributed by atoms with Crippen molar-refractivity contribution in [2.45, 2.75) is 20.3 Å². The standard InChI is InChI=1S/C8H15NO2/c1-5(2)7(8(9)11)4-6(3)10/h5,7,10H,3-4H2,1-2H3,(H2,9,11). The molecule has 0 aromatic heterocycles. The first-order valence-electron chi connectivity index (χ1n) is 3.61. The average Bonchev–Trinajstić information content (AvgIpc) is 1.81. The van der Waals surface area contributed by atoms with Crippen molar-refractivity contribution in [3.63, 3.8) is 0 Å². The van der Waals surface area contributed by atoms with Crippen LogP contribution < -0.4 is 5.73 Å². The number of carbonyl (C=O) groups excluding carboxylic acids is 1. The summed E-state index contributed by atoms with van der Waals surface area (Å²) in [5, 5.41) is 8.82. The topological polar surface area (TPSA) is 63.3 Å². The Bertz CT molecular complexity index is 163. The molecule has 0 bridgehead atoms. The number of primary amides is 1. The molecule has 3 nitrogen and oxygen atoms in total. The van der Waals surface area contributed by atoms with Crippen LogP contribution in [0, 0.1) is 11.8 Å². The van der Waals surface area contributed by atoms with E-state index in [-0.39, 0.29) is 29.9 Å². The Morgan fingerprint density at radius 3 is 2.18 bits per heavy atom. The van der Waals surface area contributed by atoms with Gasteiger partial charge in [-0.2, -0.15) is 0 Å². The Kier molecular flexibility index (Phi) is 3.65. The predicted molar refractivity (Wildman–Crippen MR) is 43.9 cm³/mol. The van der Waals surface area contributed by atoms with Gasteiger partial charge >= 0.3 is 0 Å². The minimum Gasteiger partial charge on any atom is -0.513 e. The van der Waals surface area contributed by atoms with Crippen molar-refractivity contribution in [2.24, 2.45) is 17.6 Å². The third-order valence-corrected chi connectivity index (χ3v) is 1.63. The molecular weight excluding hydrogens is 142 g/mol. The first kappa shape index (κ1) is 10.0. The number of amides is 1. The van der Waals surface area contributed by atoms with Gasteiger partial charge in [0, 0.05) is 12.3 Å². The van der Waals surface area contributed by atoms with E-state index in [1.54, 1.807) is 0 Å². The van der Waals surface area contributed by atoms with Gasteiger partial charge < -0.3 is 10.8 Å². The Morgan fingerprint density at radius 2 is 2.09 bits per heavy atom. The van der Waals surface area contributed by atoms with Gasteiger partial charge in [0.05, 0.1) is 5.76 Å². The van der Waals surface area contributed by atoms with Gasteiger partial charge in [-0.1, -0.05) is 20.4 Å². The molecule has 1 unspecified atom stereocenters. The molecule has 0 fully saturated rings. The van der Waals surface area contributed by atoms with E-state index >= 15 is 0 Å². The molecule has 1 amide bonds. The van der Waals surface area contributed by atoms with Crippen LogP contribution in [0.15, 0.2) is 12.3 Å². The van der Waals surface area contributed by atoms with E-state index in [9.17, 15) is 4.79 Å². The number of aliphatic hydroxyl groups is 1. The summed E-state index contributed by atoms with van der Waals surface area (Å²) in [6, 6.07) is 0. The average molecular weight is 157 g/mol. The third-order valence-electron chi connectivity index (χ3n) is 1.63. The molecule has 3 heteroatoms. The quantitative estimate of drug-likeness (QED) is 0.602. The molecule has 0 aromatic rings. The van der Waals surface area contributed by atoms with Crippen LogP contribution in [0.4, 0.5) is 0 Å². The molecule has 0 aromatic carbocycles. The zero-order valence-electron chi connectivity index (χ0n) is 7.00. The second-order valence-corrected chi connectivity index (χ2v) is 3.02. The molecule has 0 aliphatic rings. The van der Waals surface area contributed by atoms with Crippen LogP contribution in [0.5, 0.6) is 0 Å². The Hall–Kier alpha value is -0.990. The van der Waals surface area contributed by atoms with Crippen LogP contribution in [-0.2, 0) is 4.79 Å². The van der Waals surface area contributed by atoms with Crippen LogP contribution in [0.25, 0.3) is 0 Å². The fraction of sp³-hybridized carbons (Fsp3) is 0.625.